The zero-order chi connectivity index (χ0) is 13.8. The Balaban J connectivity index is 2.12. The highest BCUT2D eigenvalue weighted by Gasteiger charge is 2.28. The average molecular weight is 261 g/mol. The predicted molar refractivity (Wildman–Crippen MR) is 71.6 cm³/mol. The lowest BCUT2D eigenvalue weighted by atomic mass is 9.92. The molecule has 1 heterocycles. The molecule has 0 bridgehead atoms. The van der Waals surface area contributed by atoms with Crippen LogP contribution in [0.1, 0.15) is 37.3 Å². The third-order valence-corrected chi connectivity index (χ3v) is 3.70. The van der Waals surface area contributed by atoms with Crippen molar-refractivity contribution in [3.8, 4) is 0 Å². The number of fused-ring (bicyclic) bond motifs is 1. The molecule has 1 aromatic rings. The normalized spacial score (nSPS) is 17.9. The van der Waals surface area contributed by atoms with Gasteiger partial charge in [-0.15, -0.1) is 0 Å². The monoisotopic (exact) mass is 261 g/mol. The molecule has 4 heteroatoms. The van der Waals surface area contributed by atoms with Crippen LogP contribution >= 0.6 is 0 Å². The van der Waals surface area contributed by atoms with Crippen LogP contribution in [0, 0.1) is 0 Å². The highest BCUT2D eigenvalue weighted by atomic mass is 16.4. The zero-order valence-corrected chi connectivity index (χ0v) is 11.1. The Labute approximate surface area is 113 Å². The Bertz CT molecular complexity index is 484. The lowest BCUT2D eigenvalue weighted by Gasteiger charge is -2.36. The molecule has 0 fully saturated rings. The molecule has 1 unspecified atom stereocenters. The number of carbonyl (C=O) groups excluding carboxylic acids is 1. The van der Waals surface area contributed by atoms with Crippen LogP contribution in [0.2, 0.25) is 0 Å². The molecule has 19 heavy (non-hydrogen) atoms. The van der Waals surface area contributed by atoms with E-state index in [2.05, 4.69) is 13.0 Å². The summed E-state index contributed by atoms with van der Waals surface area (Å²) < 4.78 is 0. The minimum Gasteiger partial charge on any atom is -0.481 e. The van der Waals surface area contributed by atoms with Crippen LogP contribution in [-0.4, -0.2) is 27.9 Å². The van der Waals surface area contributed by atoms with E-state index in [4.69, 9.17) is 5.11 Å². The van der Waals surface area contributed by atoms with Gasteiger partial charge in [-0.3, -0.25) is 9.59 Å². The topological polar surface area (TPSA) is 57.6 Å². The maximum atomic E-state index is 12.1. The Morgan fingerprint density at radius 2 is 1.95 bits per heavy atom. The van der Waals surface area contributed by atoms with Crippen molar-refractivity contribution in [2.45, 2.75) is 45.2 Å². The molecule has 1 atom stereocenters. The van der Waals surface area contributed by atoms with Gasteiger partial charge in [0.05, 0.1) is 6.42 Å². The Kier molecular flexibility index (Phi) is 4.20. The lowest BCUT2D eigenvalue weighted by molar-refractivity contribution is -0.142. The molecule has 102 valence electrons. The van der Waals surface area contributed by atoms with Crippen LogP contribution < -0.4 is 0 Å². The molecule has 2 rings (SSSR count). The number of benzene rings is 1. The van der Waals surface area contributed by atoms with Crippen molar-refractivity contribution >= 4 is 11.9 Å². The van der Waals surface area contributed by atoms with E-state index in [0.717, 1.165) is 12.8 Å². The minimum atomic E-state index is -0.918. The Morgan fingerprint density at radius 3 is 2.58 bits per heavy atom. The van der Waals surface area contributed by atoms with Gasteiger partial charge in [0.1, 0.15) is 0 Å². The number of carboxylic acids is 1. The summed E-state index contributed by atoms with van der Waals surface area (Å²) in [5.74, 6) is -0.970. The molecule has 1 amide bonds. The summed E-state index contributed by atoms with van der Waals surface area (Å²) >= 11 is 0. The van der Waals surface area contributed by atoms with Crippen molar-refractivity contribution in [3.63, 3.8) is 0 Å². The van der Waals surface area contributed by atoms with Gasteiger partial charge in [0.25, 0.3) is 0 Å². The smallest absolute Gasteiger partial charge is 0.303 e. The number of carboxylic acid groups (broad SMARTS) is 1. The largest absolute Gasteiger partial charge is 0.481 e. The summed E-state index contributed by atoms with van der Waals surface area (Å²) in [6.07, 6.45) is 1.76. The maximum absolute atomic E-state index is 12.1. The van der Waals surface area contributed by atoms with Gasteiger partial charge in [-0.25, -0.2) is 0 Å². The Hall–Kier alpha value is -1.84. The van der Waals surface area contributed by atoms with Gasteiger partial charge in [0.15, 0.2) is 0 Å². The van der Waals surface area contributed by atoms with Crippen molar-refractivity contribution < 1.29 is 14.7 Å². The molecule has 0 radical (unpaired) electrons. The van der Waals surface area contributed by atoms with Gasteiger partial charge in [-0.2, -0.15) is 0 Å². The zero-order valence-electron chi connectivity index (χ0n) is 11.1. The SMILES string of the molecule is CCC1Cc2ccccc2CN1C(=O)CCC(=O)O. The summed E-state index contributed by atoms with van der Waals surface area (Å²) in [6, 6.07) is 8.34. The number of carbonyl (C=O) groups is 2. The fraction of sp³-hybridized carbons (Fsp3) is 0.467. The third-order valence-electron chi connectivity index (χ3n) is 3.70. The van der Waals surface area contributed by atoms with E-state index in [-0.39, 0.29) is 24.8 Å². The summed E-state index contributed by atoms with van der Waals surface area (Å²) in [6.45, 7) is 2.67. The van der Waals surface area contributed by atoms with Crippen molar-refractivity contribution in [3.05, 3.63) is 35.4 Å². The number of hydrogen-bond donors (Lipinski definition) is 1. The quantitative estimate of drug-likeness (QED) is 0.904. The van der Waals surface area contributed by atoms with Crippen LogP contribution in [0.5, 0.6) is 0 Å². The molecule has 0 saturated heterocycles. The van der Waals surface area contributed by atoms with Crippen molar-refractivity contribution in [2.75, 3.05) is 0 Å². The van der Waals surface area contributed by atoms with Gasteiger partial charge in [-0.1, -0.05) is 31.2 Å². The first-order chi connectivity index (χ1) is 9.11. The molecule has 0 aromatic heterocycles. The Morgan fingerprint density at radius 1 is 1.26 bits per heavy atom. The summed E-state index contributed by atoms with van der Waals surface area (Å²) in [7, 11) is 0. The highest BCUT2D eigenvalue weighted by molar-refractivity contribution is 5.81. The fourth-order valence-corrected chi connectivity index (χ4v) is 2.60. The number of nitrogens with zero attached hydrogens (tertiary/aromatic N) is 1. The van der Waals surface area contributed by atoms with Crippen molar-refractivity contribution in [1.29, 1.82) is 0 Å². The molecule has 4 nitrogen and oxygen atoms in total. The van der Waals surface area contributed by atoms with E-state index >= 15 is 0 Å². The van der Waals surface area contributed by atoms with Crippen LogP contribution in [-0.2, 0) is 22.6 Å². The first-order valence-electron chi connectivity index (χ1n) is 6.70. The van der Waals surface area contributed by atoms with E-state index in [9.17, 15) is 9.59 Å². The minimum absolute atomic E-state index is 0.0521. The first kappa shape index (κ1) is 13.6. The van der Waals surface area contributed by atoms with Gasteiger partial charge >= 0.3 is 5.97 Å². The third kappa shape index (κ3) is 3.13. The first-order valence-corrected chi connectivity index (χ1v) is 6.70. The molecule has 1 aliphatic rings. The number of hydrogen-bond acceptors (Lipinski definition) is 2. The lowest BCUT2D eigenvalue weighted by Crippen LogP contribution is -2.44. The summed E-state index contributed by atoms with van der Waals surface area (Å²) in [5, 5.41) is 8.67. The average Bonchev–Trinajstić information content (AvgIpc) is 2.43. The van der Waals surface area contributed by atoms with Crippen molar-refractivity contribution in [1.82, 2.24) is 4.90 Å². The van der Waals surface area contributed by atoms with Gasteiger partial charge in [0, 0.05) is 19.0 Å². The highest BCUT2D eigenvalue weighted by Crippen LogP contribution is 2.25. The van der Waals surface area contributed by atoms with Crippen LogP contribution in [0.15, 0.2) is 24.3 Å². The van der Waals surface area contributed by atoms with E-state index in [1.54, 1.807) is 0 Å². The molecular formula is C15H19NO3. The predicted octanol–water partition coefficient (Wildman–Crippen LogP) is 2.21. The number of rotatable bonds is 4. The maximum Gasteiger partial charge on any atom is 0.303 e. The fourth-order valence-electron chi connectivity index (χ4n) is 2.60. The van der Waals surface area contributed by atoms with Crippen LogP contribution in [0.25, 0.3) is 0 Å². The van der Waals surface area contributed by atoms with E-state index in [1.807, 2.05) is 23.1 Å². The molecule has 1 aliphatic heterocycles. The van der Waals surface area contributed by atoms with Crippen LogP contribution in [0.4, 0.5) is 0 Å². The number of amides is 1. The van der Waals surface area contributed by atoms with Crippen molar-refractivity contribution in [2.24, 2.45) is 0 Å². The molecule has 1 aromatic carbocycles. The van der Waals surface area contributed by atoms with E-state index in [0.29, 0.717) is 6.54 Å². The molecule has 0 aliphatic carbocycles. The second kappa shape index (κ2) is 5.87. The molecule has 0 saturated carbocycles. The van der Waals surface area contributed by atoms with Crippen LogP contribution in [0.3, 0.4) is 0 Å². The molecular weight excluding hydrogens is 242 g/mol. The second-order valence-corrected chi connectivity index (χ2v) is 4.95. The standard InChI is InChI=1S/C15H19NO3/c1-2-13-9-11-5-3-4-6-12(11)10-16(13)14(17)7-8-15(18)19/h3-6,13H,2,7-10H2,1H3,(H,18,19). The van der Waals surface area contributed by atoms with E-state index < -0.39 is 5.97 Å². The summed E-state index contributed by atoms with van der Waals surface area (Å²) in [4.78, 5) is 24.5. The van der Waals surface area contributed by atoms with Gasteiger partial charge in [0.2, 0.25) is 5.91 Å². The second-order valence-electron chi connectivity index (χ2n) is 4.95. The number of aliphatic carboxylic acids is 1. The molecule has 1 N–H and O–H groups in total. The van der Waals surface area contributed by atoms with Gasteiger partial charge < -0.3 is 10.0 Å². The van der Waals surface area contributed by atoms with Gasteiger partial charge in [-0.05, 0) is 24.0 Å². The summed E-state index contributed by atoms with van der Waals surface area (Å²) in [5.41, 5.74) is 2.48. The van der Waals surface area contributed by atoms with E-state index in [1.165, 1.54) is 11.1 Å². The molecule has 0 spiro atoms.